The van der Waals surface area contributed by atoms with Gasteiger partial charge in [-0.25, -0.2) is 9.97 Å². The first-order valence-corrected chi connectivity index (χ1v) is 5.68. The second-order valence-corrected chi connectivity index (χ2v) is 5.09. The topological polar surface area (TPSA) is 66.9 Å². The minimum Gasteiger partial charge on any atom is -0.350 e. The van der Waals surface area contributed by atoms with Crippen LogP contribution in [0.2, 0.25) is 0 Å². The molecule has 0 bridgehead atoms. The number of hydrogen-bond donors (Lipinski definition) is 2. The van der Waals surface area contributed by atoms with Gasteiger partial charge in [-0.15, -0.1) is 0 Å². The first-order valence-electron chi connectivity index (χ1n) is 5.68. The van der Waals surface area contributed by atoms with E-state index in [1.165, 1.54) is 6.33 Å². The van der Waals surface area contributed by atoms with E-state index in [9.17, 15) is 4.79 Å². The lowest BCUT2D eigenvalue weighted by molar-refractivity contribution is -0.124. The lowest BCUT2D eigenvalue weighted by atomic mass is 10.1. The molecule has 0 aliphatic rings. The maximum atomic E-state index is 11.8. The molecule has 1 atom stereocenters. The van der Waals surface area contributed by atoms with Crippen molar-refractivity contribution in [3.63, 3.8) is 0 Å². The van der Waals surface area contributed by atoms with Crippen LogP contribution in [0.25, 0.3) is 0 Å². The summed E-state index contributed by atoms with van der Waals surface area (Å²) in [6, 6.07) is -0.241. The predicted octanol–water partition coefficient (Wildman–Crippen LogP) is 0.869. The zero-order valence-electron chi connectivity index (χ0n) is 10.8. The lowest BCUT2D eigenvalue weighted by Crippen LogP contribution is -2.49. The van der Waals surface area contributed by atoms with E-state index in [1.54, 1.807) is 12.4 Å². The van der Waals surface area contributed by atoms with Gasteiger partial charge >= 0.3 is 0 Å². The molecule has 94 valence electrons. The molecule has 0 saturated carbocycles. The van der Waals surface area contributed by atoms with Gasteiger partial charge in [0.25, 0.3) is 0 Å². The minimum atomic E-state index is -0.241. The average Bonchev–Trinajstić information content (AvgIpc) is 2.25. The first-order chi connectivity index (χ1) is 7.88. The molecule has 1 amide bonds. The molecule has 1 heterocycles. The molecule has 0 saturated heterocycles. The summed E-state index contributed by atoms with van der Waals surface area (Å²) in [5.41, 5.74) is 0.756. The van der Waals surface area contributed by atoms with E-state index < -0.39 is 0 Å². The fraction of sp³-hybridized carbons (Fsp3) is 0.583. The molecule has 0 radical (unpaired) electrons. The van der Waals surface area contributed by atoms with Crippen molar-refractivity contribution in [2.45, 2.75) is 45.8 Å². The Bertz CT molecular complexity index is 359. The number of nitrogens with one attached hydrogen (secondary N) is 2. The molecule has 0 spiro atoms. The zero-order valence-corrected chi connectivity index (χ0v) is 10.8. The van der Waals surface area contributed by atoms with Gasteiger partial charge in [-0.2, -0.15) is 0 Å². The van der Waals surface area contributed by atoms with Gasteiger partial charge in [0, 0.05) is 30.0 Å². The van der Waals surface area contributed by atoms with Crippen molar-refractivity contribution in [2.75, 3.05) is 0 Å². The van der Waals surface area contributed by atoms with E-state index in [1.807, 2.05) is 27.7 Å². The molecule has 1 unspecified atom stereocenters. The summed E-state index contributed by atoms with van der Waals surface area (Å²) in [5, 5.41) is 6.05. The van der Waals surface area contributed by atoms with Crippen molar-refractivity contribution in [3.05, 3.63) is 24.3 Å². The van der Waals surface area contributed by atoms with E-state index in [4.69, 9.17) is 0 Å². The Morgan fingerprint density at radius 3 is 2.47 bits per heavy atom. The largest absolute Gasteiger partial charge is 0.350 e. The van der Waals surface area contributed by atoms with Crippen LogP contribution < -0.4 is 10.6 Å². The third-order valence-corrected chi connectivity index (χ3v) is 2.12. The Kier molecular flexibility index (Phi) is 4.57. The third kappa shape index (κ3) is 5.40. The van der Waals surface area contributed by atoms with Crippen LogP contribution in [0.3, 0.4) is 0 Å². The molecule has 1 aromatic heterocycles. The van der Waals surface area contributed by atoms with Crippen molar-refractivity contribution in [3.8, 4) is 0 Å². The molecule has 0 fully saturated rings. The highest BCUT2D eigenvalue weighted by Crippen LogP contribution is 2.00. The van der Waals surface area contributed by atoms with Gasteiger partial charge in [-0.3, -0.25) is 4.79 Å². The Balaban J connectivity index is 2.40. The highest BCUT2D eigenvalue weighted by Gasteiger charge is 2.18. The lowest BCUT2D eigenvalue weighted by Gasteiger charge is -2.23. The highest BCUT2D eigenvalue weighted by atomic mass is 16.2. The maximum absolute atomic E-state index is 11.8. The molecule has 5 heteroatoms. The summed E-state index contributed by atoms with van der Waals surface area (Å²) in [7, 11) is 0. The van der Waals surface area contributed by atoms with Gasteiger partial charge in [0.1, 0.15) is 6.33 Å². The molecule has 5 nitrogen and oxygen atoms in total. The number of carbonyl (C=O) groups is 1. The second-order valence-electron chi connectivity index (χ2n) is 5.09. The molecule has 1 aromatic rings. The smallest absolute Gasteiger partial charge is 0.237 e. The number of nitrogens with zero attached hydrogens (tertiary/aromatic N) is 2. The maximum Gasteiger partial charge on any atom is 0.237 e. The summed E-state index contributed by atoms with van der Waals surface area (Å²) in [4.78, 5) is 19.6. The van der Waals surface area contributed by atoms with Gasteiger partial charge in [-0.1, -0.05) is 0 Å². The van der Waals surface area contributed by atoms with Crippen molar-refractivity contribution >= 4 is 5.91 Å². The van der Waals surface area contributed by atoms with Crippen LogP contribution in [-0.4, -0.2) is 27.5 Å². The van der Waals surface area contributed by atoms with Gasteiger partial charge in [0.05, 0.1) is 6.04 Å². The number of hydrogen-bond acceptors (Lipinski definition) is 4. The molecule has 17 heavy (non-hydrogen) atoms. The second kappa shape index (κ2) is 5.72. The van der Waals surface area contributed by atoms with E-state index >= 15 is 0 Å². The Morgan fingerprint density at radius 1 is 1.35 bits per heavy atom. The van der Waals surface area contributed by atoms with E-state index in [0.29, 0.717) is 6.54 Å². The number of rotatable bonds is 4. The molecule has 2 N–H and O–H groups in total. The fourth-order valence-electron chi connectivity index (χ4n) is 1.26. The zero-order chi connectivity index (χ0) is 12.9. The van der Waals surface area contributed by atoms with Gasteiger partial charge in [-0.05, 0) is 27.7 Å². The van der Waals surface area contributed by atoms with Gasteiger partial charge < -0.3 is 10.6 Å². The highest BCUT2D eigenvalue weighted by molar-refractivity contribution is 5.81. The molecule has 0 aliphatic carbocycles. The number of amides is 1. The summed E-state index contributed by atoms with van der Waals surface area (Å²) in [6.45, 7) is 8.30. The standard InChI is InChI=1S/C12H20N4O/c1-9(11(17)16-12(2,3)4)15-7-10-5-13-8-14-6-10/h5-6,8-9,15H,7H2,1-4H3,(H,16,17). The third-order valence-electron chi connectivity index (χ3n) is 2.12. The molecule has 0 aromatic carbocycles. The van der Waals surface area contributed by atoms with Crippen LogP contribution in [0.1, 0.15) is 33.3 Å². The van der Waals surface area contributed by atoms with Crippen molar-refractivity contribution in [1.29, 1.82) is 0 Å². The van der Waals surface area contributed by atoms with Crippen LogP contribution in [0.4, 0.5) is 0 Å². The van der Waals surface area contributed by atoms with E-state index in [0.717, 1.165) is 5.56 Å². The number of aromatic nitrogens is 2. The van der Waals surface area contributed by atoms with Crippen LogP contribution >= 0.6 is 0 Å². The minimum absolute atomic E-state index is 0.00523. The Labute approximate surface area is 102 Å². The summed E-state index contributed by atoms with van der Waals surface area (Å²) in [6.07, 6.45) is 4.95. The van der Waals surface area contributed by atoms with E-state index in [-0.39, 0.29) is 17.5 Å². The average molecular weight is 236 g/mol. The Morgan fingerprint density at radius 2 is 1.94 bits per heavy atom. The van der Waals surface area contributed by atoms with Crippen molar-refractivity contribution in [1.82, 2.24) is 20.6 Å². The first kappa shape index (κ1) is 13.6. The molecular formula is C12H20N4O. The monoisotopic (exact) mass is 236 g/mol. The summed E-state index contributed by atoms with van der Waals surface area (Å²) in [5.74, 6) is -0.00523. The quantitative estimate of drug-likeness (QED) is 0.814. The SMILES string of the molecule is CC(NCc1cncnc1)C(=O)NC(C)(C)C. The fourth-order valence-corrected chi connectivity index (χ4v) is 1.26. The predicted molar refractivity (Wildman–Crippen MR) is 66.2 cm³/mol. The molecule has 0 aliphatic heterocycles. The van der Waals surface area contributed by atoms with Gasteiger partial charge in [0.15, 0.2) is 0 Å². The van der Waals surface area contributed by atoms with Crippen LogP contribution in [-0.2, 0) is 11.3 Å². The van der Waals surface area contributed by atoms with Gasteiger partial charge in [0.2, 0.25) is 5.91 Å². The number of carbonyl (C=O) groups excluding carboxylic acids is 1. The Hall–Kier alpha value is -1.49. The summed E-state index contributed by atoms with van der Waals surface area (Å²) >= 11 is 0. The molecular weight excluding hydrogens is 216 g/mol. The van der Waals surface area contributed by atoms with E-state index in [2.05, 4.69) is 20.6 Å². The summed E-state index contributed by atoms with van der Waals surface area (Å²) < 4.78 is 0. The van der Waals surface area contributed by atoms with Crippen LogP contribution in [0, 0.1) is 0 Å². The molecule has 1 rings (SSSR count). The van der Waals surface area contributed by atoms with Crippen molar-refractivity contribution < 1.29 is 4.79 Å². The van der Waals surface area contributed by atoms with Crippen LogP contribution in [0.15, 0.2) is 18.7 Å². The normalized spacial score (nSPS) is 13.2. The van der Waals surface area contributed by atoms with Crippen molar-refractivity contribution in [2.24, 2.45) is 0 Å². The van der Waals surface area contributed by atoms with Crippen LogP contribution in [0.5, 0.6) is 0 Å².